The molecule has 4 aromatic carbocycles. The van der Waals surface area contributed by atoms with Gasteiger partial charge in [0.2, 0.25) is 0 Å². The van der Waals surface area contributed by atoms with Crippen LogP contribution in [0.5, 0.6) is 0 Å². The Hall–Kier alpha value is -4.59. The monoisotopic (exact) mass is 631 g/mol. The van der Waals surface area contributed by atoms with Gasteiger partial charge < -0.3 is 4.57 Å². The molecule has 1 aliphatic rings. The van der Waals surface area contributed by atoms with E-state index in [9.17, 15) is 9.59 Å². The Bertz CT molecular complexity index is 1880. The van der Waals surface area contributed by atoms with Crippen molar-refractivity contribution in [3.8, 4) is 28.2 Å². The van der Waals surface area contributed by atoms with Gasteiger partial charge in [0.25, 0.3) is 11.8 Å². The molecule has 1 fully saturated rings. The highest BCUT2D eigenvalue weighted by Crippen LogP contribution is 2.38. The van der Waals surface area contributed by atoms with Crippen LogP contribution in [0.15, 0.2) is 119 Å². The molecule has 2 amide bonds. The molecule has 206 valence electrons. The smallest absolute Gasteiger partial charge is 0.270 e. The van der Waals surface area contributed by atoms with Gasteiger partial charge in [-0.05, 0) is 96.9 Å². The summed E-state index contributed by atoms with van der Waals surface area (Å²) in [6, 6.07) is 35.8. The molecule has 7 heteroatoms. The molecule has 1 N–H and O–H groups in total. The average molecular weight is 633 g/mol. The fraction of sp³-hybridized carbons (Fsp3) is 0.0571. The van der Waals surface area contributed by atoms with Gasteiger partial charge in [0, 0.05) is 15.7 Å². The van der Waals surface area contributed by atoms with Crippen molar-refractivity contribution in [1.29, 1.82) is 0 Å². The fourth-order valence-corrected chi connectivity index (χ4v) is 5.67. The van der Waals surface area contributed by atoms with Crippen molar-refractivity contribution < 1.29 is 9.59 Å². The lowest BCUT2D eigenvalue weighted by Gasteiger charge is -2.29. The van der Waals surface area contributed by atoms with Gasteiger partial charge >= 0.3 is 0 Å². The predicted molar refractivity (Wildman–Crippen MR) is 176 cm³/mol. The van der Waals surface area contributed by atoms with E-state index in [1.165, 1.54) is 4.90 Å². The minimum Gasteiger partial charge on any atom is -0.309 e. The molecule has 1 aliphatic heterocycles. The Morgan fingerprint density at radius 2 is 1.36 bits per heavy atom. The Kier molecular flexibility index (Phi) is 7.45. The first-order valence-electron chi connectivity index (χ1n) is 13.4. The van der Waals surface area contributed by atoms with Gasteiger partial charge in [-0.3, -0.25) is 19.8 Å². The maximum Gasteiger partial charge on any atom is 0.270 e. The van der Waals surface area contributed by atoms with Gasteiger partial charge in [0.1, 0.15) is 5.57 Å². The number of hydrogen-bond acceptors (Lipinski definition) is 3. The normalized spacial score (nSPS) is 14.4. The molecule has 5 aromatic rings. The summed E-state index contributed by atoms with van der Waals surface area (Å²) in [5.41, 5.74) is 8.14. The van der Waals surface area contributed by atoms with Crippen LogP contribution in [0.25, 0.3) is 34.3 Å². The maximum absolute atomic E-state index is 14.0. The molecule has 0 aliphatic carbocycles. The molecule has 6 rings (SSSR count). The molecule has 0 radical (unpaired) electrons. The molecular weight excluding hydrogens is 606 g/mol. The fourth-order valence-electron chi connectivity index (χ4n) is 5.12. The van der Waals surface area contributed by atoms with Crippen LogP contribution in [0.1, 0.15) is 16.7 Å². The van der Waals surface area contributed by atoms with Gasteiger partial charge in [-0.2, -0.15) is 0 Å². The second-order valence-corrected chi connectivity index (χ2v) is 11.4. The standard InChI is InChI=1S/C35H26BrN3O2S/c1-22-13-16-29(19-23(22)2)39-34(41)30(33(40)37-35(39)42)20-26-21-31(24-9-5-3-6-10-24)38(28-17-14-27(36)15-18-28)32(26)25-11-7-4-8-12-25/h3-21H,1-2H3,(H,37,40,42)/b30-20+. The van der Waals surface area contributed by atoms with Crippen LogP contribution < -0.4 is 10.2 Å². The van der Waals surface area contributed by atoms with Crippen LogP contribution in [-0.4, -0.2) is 21.5 Å². The first-order chi connectivity index (χ1) is 20.3. The number of aryl methyl sites for hydroxylation is 2. The summed E-state index contributed by atoms with van der Waals surface area (Å²) in [4.78, 5) is 28.7. The number of anilines is 1. The highest BCUT2D eigenvalue weighted by Gasteiger charge is 2.35. The third-order valence-corrected chi connectivity index (χ3v) is 8.20. The number of aromatic nitrogens is 1. The Morgan fingerprint density at radius 3 is 2.00 bits per heavy atom. The molecule has 5 nitrogen and oxygen atoms in total. The zero-order chi connectivity index (χ0) is 29.4. The third kappa shape index (κ3) is 5.13. The highest BCUT2D eigenvalue weighted by molar-refractivity contribution is 9.10. The summed E-state index contributed by atoms with van der Waals surface area (Å²) in [6.07, 6.45) is 1.68. The Balaban J connectivity index is 1.59. The van der Waals surface area contributed by atoms with E-state index in [1.54, 1.807) is 6.08 Å². The van der Waals surface area contributed by atoms with Gasteiger partial charge in [-0.15, -0.1) is 0 Å². The minimum atomic E-state index is -0.526. The number of nitrogens with one attached hydrogen (secondary N) is 1. The van der Waals surface area contributed by atoms with E-state index in [4.69, 9.17) is 12.2 Å². The van der Waals surface area contributed by atoms with Crippen LogP contribution in [0.3, 0.4) is 0 Å². The maximum atomic E-state index is 14.0. The van der Waals surface area contributed by atoms with E-state index >= 15 is 0 Å². The minimum absolute atomic E-state index is 0.00609. The summed E-state index contributed by atoms with van der Waals surface area (Å²) in [6.45, 7) is 3.99. The van der Waals surface area contributed by atoms with E-state index in [-0.39, 0.29) is 10.7 Å². The average Bonchev–Trinajstić information content (AvgIpc) is 3.37. The number of carbonyl (C=O) groups excluding carboxylic acids is 2. The van der Waals surface area contributed by atoms with Crippen LogP contribution in [0, 0.1) is 13.8 Å². The quantitative estimate of drug-likeness (QED) is 0.121. The summed E-state index contributed by atoms with van der Waals surface area (Å²) in [5.74, 6) is -0.995. The lowest BCUT2D eigenvalue weighted by atomic mass is 10.0. The van der Waals surface area contributed by atoms with Gasteiger partial charge in [0.05, 0.1) is 17.1 Å². The number of amides is 2. The molecule has 1 aromatic heterocycles. The summed E-state index contributed by atoms with van der Waals surface area (Å²) >= 11 is 9.01. The van der Waals surface area contributed by atoms with Gasteiger partial charge in [-0.25, -0.2) is 0 Å². The number of rotatable bonds is 5. The zero-order valence-electron chi connectivity index (χ0n) is 23.0. The third-order valence-electron chi connectivity index (χ3n) is 7.38. The van der Waals surface area contributed by atoms with Gasteiger partial charge in [-0.1, -0.05) is 82.7 Å². The van der Waals surface area contributed by atoms with Crippen molar-refractivity contribution in [2.45, 2.75) is 13.8 Å². The van der Waals surface area contributed by atoms with E-state index < -0.39 is 11.8 Å². The van der Waals surface area contributed by atoms with Crippen molar-refractivity contribution >= 4 is 56.8 Å². The molecule has 0 unspecified atom stereocenters. The number of hydrogen-bond donors (Lipinski definition) is 1. The summed E-state index contributed by atoms with van der Waals surface area (Å²) < 4.78 is 3.13. The largest absolute Gasteiger partial charge is 0.309 e. The van der Waals surface area contributed by atoms with E-state index in [0.29, 0.717) is 5.69 Å². The van der Waals surface area contributed by atoms with Crippen LogP contribution >= 0.6 is 28.1 Å². The number of benzene rings is 4. The molecule has 0 atom stereocenters. The number of thiocarbonyl (C=S) groups is 1. The highest BCUT2D eigenvalue weighted by atomic mass is 79.9. The number of nitrogens with zero attached hydrogens (tertiary/aromatic N) is 2. The molecule has 42 heavy (non-hydrogen) atoms. The van der Waals surface area contributed by atoms with Crippen molar-refractivity contribution in [3.05, 3.63) is 136 Å². The number of halogens is 1. The lowest BCUT2D eigenvalue weighted by Crippen LogP contribution is -2.54. The van der Waals surface area contributed by atoms with Gasteiger partial charge in [0.15, 0.2) is 5.11 Å². The van der Waals surface area contributed by atoms with Crippen molar-refractivity contribution in [3.63, 3.8) is 0 Å². The summed E-state index contributed by atoms with van der Waals surface area (Å²) in [5, 5.41) is 2.79. The number of carbonyl (C=O) groups is 2. The Labute approximate surface area is 258 Å². The predicted octanol–water partition coefficient (Wildman–Crippen LogP) is 8.02. The first kappa shape index (κ1) is 27.6. The van der Waals surface area contributed by atoms with Crippen molar-refractivity contribution in [1.82, 2.24) is 9.88 Å². The van der Waals surface area contributed by atoms with Crippen LogP contribution in [-0.2, 0) is 9.59 Å². The van der Waals surface area contributed by atoms with Crippen molar-refractivity contribution in [2.75, 3.05) is 4.90 Å². The zero-order valence-corrected chi connectivity index (χ0v) is 25.4. The Morgan fingerprint density at radius 1 is 0.738 bits per heavy atom. The van der Waals surface area contributed by atoms with E-state index in [2.05, 4.69) is 37.9 Å². The SMILES string of the molecule is Cc1ccc(N2C(=O)/C(=C/c3cc(-c4ccccc4)n(-c4ccc(Br)cc4)c3-c3ccccc3)C(=O)NC2=S)cc1C. The second-order valence-electron chi connectivity index (χ2n) is 10.1. The summed E-state index contributed by atoms with van der Waals surface area (Å²) in [7, 11) is 0. The molecule has 0 saturated carbocycles. The van der Waals surface area contributed by atoms with E-state index in [0.717, 1.165) is 49.4 Å². The lowest BCUT2D eigenvalue weighted by molar-refractivity contribution is -0.122. The van der Waals surface area contributed by atoms with Crippen LogP contribution in [0.4, 0.5) is 5.69 Å². The van der Waals surface area contributed by atoms with Crippen LogP contribution in [0.2, 0.25) is 0 Å². The van der Waals surface area contributed by atoms with Crippen molar-refractivity contribution in [2.24, 2.45) is 0 Å². The molecular formula is C35H26BrN3O2S. The first-order valence-corrected chi connectivity index (χ1v) is 14.6. The molecule has 1 saturated heterocycles. The topological polar surface area (TPSA) is 54.3 Å². The molecule has 0 bridgehead atoms. The molecule has 2 heterocycles. The second kappa shape index (κ2) is 11.4. The molecule has 0 spiro atoms. The van der Waals surface area contributed by atoms with E-state index in [1.807, 2.05) is 111 Å².